The number of aromatic nitrogens is 2. The highest BCUT2D eigenvalue weighted by Crippen LogP contribution is 2.27. The summed E-state index contributed by atoms with van der Waals surface area (Å²) in [6.45, 7) is -1.18. The van der Waals surface area contributed by atoms with E-state index in [9.17, 15) is 19.2 Å². The van der Waals surface area contributed by atoms with Crippen molar-refractivity contribution in [1.29, 1.82) is 0 Å². The largest absolute Gasteiger partial charge is 0.481 e. The number of rotatable bonds is 6. The van der Waals surface area contributed by atoms with Crippen LogP contribution < -0.4 is 21.7 Å². The zero-order valence-electron chi connectivity index (χ0n) is 14.3. The van der Waals surface area contributed by atoms with Gasteiger partial charge in [-0.1, -0.05) is 11.6 Å². The maximum Gasteiger partial charge on any atom is 0.344 e. The molecule has 0 fully saturated rings. The van der Waals surface area contributed by atoms with E-state index >= 15 is 0 Å². The Morgan fingerprint density at radius 3 is 2.48 bits per heavy atom. The van der Waals surface area contributed by atoms with Gasteiger partial charge in [-0.05, 0) is 34.1 Å². The smallest absolute Gasteiger partial charge is 0.344 e. The van der Waals surface area contributed by atoms with Gasteiger partial charge in [-0.3, -0.25) is 18.7 Å². The minimum atomic E-state index is -0.863. The number of hydrogen-bond donors (Lipinski definition) is 1. The van der Waals surface area contributed by atoms with Gasteiger partial charge in [-0.15, -0.1) is 0 Å². The van der Waals surface area contributed by atoms with Crippen molar-refractivity contribution >= 4 is 45.1 Å². The van der Waals surface area contributed by atoms with E-state index in [4.69, 9.17) is 26.8 Å². The normalized spacial score (nSPS) is 10.5. The number of nitrogens with zero attached hydrogens (tertiary/aromatic N) is 2. The van der Waals surface area contributed by atoms with Crippen LogP contribution >= 0.6 is 27.5 Å². The number of esters is 1. The third-order valence-electron chi connectivity index (χ3n) is 3.59. The lowest BCUT2D eigenvalue weighted by molar-refractivity contribution is -0.144. The van der Waals surface area contributed by atoms with E-state index in [0.29, 0.717) is 15.2 Å². The quantitative estimate of drug-likeness (QED) is 0.501. The Balaban J connectivity index is 2.03. The van der Waals surface area contributed by atoms with Gasteiger partial charge in [0.15, 0.2) is 13.2 Å². The molecule has 1 aromatic carbocycles. The molecule has 0 atom stereocenters. The zero-order valence-corrected chi connectivity index (χ0v) is 16.7. The number of carbonyl (C=O) groups excluding carboxylic acids is 2. The molecule has 0 aliphatic heterocycles. The van der Waals surface area contributed by atoms with Crippen LogP contribution in [0.2, 0.25) is 5.02 Å². The molecule has 2 rings (SSSR count). The molecule has 11 heteroatoms. The first kappa shape index (κ1) is 20.7. The first-order valence-electron chi connectivity index (χ1n) is 7.45. The van der Waals surface area contributed by atoms with E-state index in [2.05, 4.69) is 15.9 Å². The van der Waals surface area contributed by atoms with Crippen molar-refractivity contribution in [1.82, 2.24) is 9.13 Å². The average molecular weight is 461 g/mol. The van der Waals surface area contributed by atoms with Crippen molar-refractivity contribution in [3.05, 3.63) is 54.1 Å². The van der Waals surface area contributed by atoms with E-state index in [-0.39, 0.29) is 5.82 Å². The molecule has 0 aliphatic rings. The number of halogens is 2. The fourth-order valence-electron chi connectivity index (χ4n) is 2.11. The summed E-state index contributed by atoms with van der Waals surface area (Å²) >= 11 is 9.04. The van der Waals surface area contributed by atoms with E-state index in [1.54, 1.807) is 18.2 Å². The highest BCUT2D eigenvalue weighted by atomic mass is 79.9. The molecule has 0 unspecified atom stereocenters. The van der Waals surface area contributed by atoms with Crippen LogP contribution in [0.1, 0.15) is 10.4 Å². The van der Waals surface area contributed by atoms with Gasteiger partial charge in [0.05, 0.1) is 4.47 Å². The summed E-state index contributed by atoms with van der Waals surface area (Å²) < 4.78 is 12.3. The number of carbonyl (C=O) groups is 2. The van der Waals surface area contributed by atoms with Gasteiger partial charge >= 0.3 is 11.7 Å². The molecular weight excluding hydrogens is 446 g/mol. The topological polar surface area (TPSA) is 123 Å². The van der Waals surface area contributed by atoms with Gasteiger partial charge in [-0.2, -0.15) is 0 Å². The van der Waals surface area contributed by atoms with Crippen LogP contribution in [0.25, 0.3) is 0 Å². The summed E-state index contributed by atoms with van der Waals surface area (Å²) in [4.78, 5) is 47.8. The molecule has 2 aromatic rings. The van der Waals surface area contributed by atoms with Crippen LogP contribution in [0.4, 0.5) is 5.82 Å². The molecular formula is C16H15BrClN3O6. The number of anilines is 1. The highest BCUT2D eigenvalue weighted by Gasteiger charge is 2.21. The second-order valence-electron chi connectivity index (χ2n) is 5.41. The molecule has 0 amide bonds. The van der Waals surface area contributed by atoms with Crippen molar-refractivity contribution in [2.24, 2.45) is 14.1 Å². The third-order valence-corrected chi connectivity index (χ3v) is 4.45. The van der Waals surface area contributed by atoms with E-state index in [0.717, 1.165) is 9.13 Å². The van der Waals surface area contributed by atoms with Gasteiger partial charge in [0.2, 0.25) is 5.78 Å². The zero-order chi connectivity index (χ0) is 20.3. The van der Waals surface area contributed by atoms with Gasteiger partial charge in [0.25, 0.3) is 5.56 Å². The van der Waals surface area contributed by atoms with E-state index in [1.165, 1.54) is 14.1 Å². The lowest BCUT2D eigenvalue weighted by Gasteiger charge is -2.11. The molecule has 0 saturated heterocycles. The third kappa shape index (κ3) is 4.58. The van der Waals surface area contributed by atoms with Crippen LogP contribution in [0, 0.1) is 0 Å². The van der Waals surface area contributed by atoms with Gasteiger partial charge in [0, 0.05) is 19.1 Å². The Hall–Kier alpha value is -2.59. The Morgan fingerprint density at radius 1 is 1.19 bits per heavy atom. The SMILES string of the molecule is Cn1c(N)c(C(=O)COC(=O)COc2ccc(Cl)cc2Br)c(=O)n(C)c1=O. The van der Waals surface area contributed by atoms with Crippen LogP contribution in [-0.4, -0.2) is 34.1 Å². The summed E-state index contributed by atoms with van der Waals surface area (Å²) in [6.07, 6.45) is 0. The van der Waals surface area contributed by atoms with E-state index in [1.807, 2.05) is 0 Å². The van der Waals surface area contributed by atoms with Crippen LogP contribution in [0.3, 0.4) is 0 Å². The molecule has 2 N–H and O–H groups in total. The number of hydrogen-bond acceptors (Lipinski definition) is 7. The number of benzene rings is 1. The van der Waals surface area contributed by atoms with Crippen molar-refractivity contribution < 1.29 is 19.1 Å². The molecule has 0 spiro atoms. The Kier molecular flexibility index (Phi) is 6.45. The molecule has 0 aliphatic carbocycles. The lowest BCUT2D eigenvalue weighted by Crippen LogP contribution is -2.42. The molecule has 0 radical (unpaired) electrons. The molecule has 27 heavy (non-hydrogen) atoms. The van der Waals surface area contributed by atoms with Crippen molar-refractivity contribution in [3.63, 3.8) is 0 Å². The fourth-order valence-corrected chi connectivity index (χ4v) is 2.91. The Labute approximate surface area is 166 Å². The predicted octanol–water partition coefficient (Wildman–Crippen LogP) is 0.887. The standard InChI is InChI=1S/C16H15BrClN3O6/c1-20-14(19)13(15(24)21(2)16(20)25)10(22)6-27-12(23)7-26-11-4-3-8(18)5-9(11)17/h3-5H,6-7,19H2,1-2H3. The monoisotopic (exact) mass is 459 g/mol. The minimum absolute atomic E-state index is 0.300. The molecule has 0 saturated carbocycles. The first-order valence-corrected chi connectivity index (χ1v) is 8.62. The Bertz CT molecular complexity index is 1030. The molecule has 0 bridgehead atoms. The van der Waals surface area contributed by atoms with E-state index < -0.39 is 41.8 Å². The number of ketones is 1. The first-order chi connectivity index (χ1) is 12.6. The molecule has 144 valence electrons. The maximum atomic E-state index is 12.2. The van der Waals surface area contributed by atoms with Crippen molar-refractivity contribution in [2.75, 3.05) is 18.9 Å². The summed E-state index contributed by atoms with van der Waals surface area (Å²) in [5, 5.41) is 0.485. The molecule has 1 heterocycles. The number of nitrogens with two attached hydrogens (primary N) is 1. The summed E-state index contributed by atoms with van der Waals surface area (Å²) in [5.41, 5.74) is 3.71. The van der Waals surface area contributed by atoms with Crippen molar-refractivity contribution in [2.45, 2.75) is 0 Å². The van der Waals surface area contributed by atoms with Crippen LogP contribution in [-0.2, 0) is 23.6 Å². The van der Waals surface area contributed by atoms with Crippen molar-refractivity contribution in [3.8, 4) is 5.75 Å². The van der Waals surface area contributed by atoms with Gasteiger partial charge in [-0.25, -0.2) is 9.59 Å². The number of ether oxygens (including phenoxy) is 2. The summed E-state index contributed by atoms with van der Waals surface area (Å²) in [5.74, 6) is -1.60. The predicted molar refractivity (Wildman–Crippen MR) is 101 cm³/mol. The maximum absolute atomic E-state index is 12.2. The second kappa shape index (κ2) is 8.40. The second-order valence-corrected chi connectivity index (χ2v) is 6.70. The molecule has 9 nitrogen and oxygen atoms in total. The van der Waals surface area contributed by atoms with Gasteiger partial charge in [0.1, 0.15) is 17.1 Å². The van der Waals surface area contributed by atoms with Crippen LogP contribution in [0.15, 0.2) is 32.3 Å². The van der Waals surface area contributed by atoms with Gasteiger partial charge < -0.3 is 15.2 Å². The average Bonchev–Trinajstić information content (AvgIpc) is 2.62. The fraction of sp³-hybridized carbons (Fsp3) is 0.250. The highest BCUT2D eigenvalue weighted by molar-refractivity contribution is 9.10. The summed E-state index contributed by atoms with van der Waals surface area (Å²) in [6, 6.07) is 4.72. The Morgan fingerprint density at radius 2 is 1.85 bits per heavy atom. The lowest BCUT2D eigenvalue weighted by atomic mass is 10.2. The number of nitrogen functional groups attached to an aromatic ring is 1. The molecule has 1 aromatic heterocycles. The summed E-state index contributed by atoms with van der Waals surface area (Å²) in [7, 11) is 2.53. The minimum Gasteiger partial charge on any atom is -0.481 e. The van der Waals surface area contributed by atoms with Crippen LogP contribution in [0.5, 0.6) is 5.75 Å². The number of Topliss-reactive ketones (excluding diaryl/α,β-unsaturated/α-hetero) is 1.